The average Bonchev–Trinajstić information content (AvgIpc) is 3.63. The Morgan fingerprint density at radius 2 is 1.57 bits per heavy atom. The second-order valence-electron chi connectivity index (χ2n) is 22.8. The van der Waals surface area contributed by atoms with Gasteiger partial charge in [0.25, 0.3) is 0 Å². The van der Waals surface area contributed by atoms with Crippen molar-refractivity contribution < 1.29 is 66.8 Å². The van der Waals surface area contributed by atoms with E-state index in [2.05, 4.69) is 86.7 Å². The number of aliphatic hydroxyl groups is 2. The largest absolute Gasteiger partial charge is 0.462 e. The highest BCUT2D eigenvalue weighted by Crippen LogP contribution is 2.50. The van der Waals surface area contributed by atoms with Crippen LogP contribution in [0.4, 0.5) is 0 Å². The molecule has 6 aliphatic heterocycles. The molecule has 0 aromatic carbocycles. The van der Waals surface area contributed by atoms with E-state index in [4.69, 9.17) is 51.8 Å². The lowest BCUT2D eigenvalue weighted by atomic mass is 9.71. The predicted octanol–water partition coefficient (Wildman–Crippen LogP) is 8.41. The molecule has 0 aromatic rings. The standard InChI is InChI=1S/C54H86O14Si/c1-16-30(2)47-33(5)22-23-53(67-47)28-39-25-38(66-53)21-20-32(4)46(64-44-27-42(59-13)49(36(8)62-44)65-43-26-41(58-12)45(55)35(7)61-43)31(3)18-17-19-37-29-60-50-48(68-69(14,15)52(9,10)11)34(6)24-40(51(56)63-39)54(37,50)57/h17-20,22-24,30-31,33,35-36,38-50,55,57H,16,21,25-29H2,1-15H3/b18-17+,32-20+,37-19+/t30-,31+,33+,35+,36+,38-,39+,40+,41+,42+,43+,44+,45-,46+,47-,48-,49+,50-,53-,54-/m1/s1. The van der Waals surface area contributed by atoms with Crippen molar-refractivity contribution in [3.05, 3.63) is 59.3 Å². The average molecular weight is 987 g/mol. The second kappa shape index (κ2) is 21.8. The van der Waals surface area contributed by atoms with Crippen LogP contribution in [0.3, 0.4) is 0 Å². The molecule has 0 aromatic heterocycles. The fourth-order valence-corrected chi connectivity index (χ4v) is 12.5. The van der Waals surface area contributed by atoms with Crippen LogP contribution in [-0.4, -0.2) is 143 Å². The molecule has 1 spiro atoms. The van der Waals surface area contributed by atoms with E-state index in [0.717, 1.165) is 17.6 Å². The van der Waals surface area contributed by atoms with Gasteiger partial charge in [0.05, 0.1) is 55.4 Å². The molecule has 0 radical (unpaired) electrons. The lowest BCUT2D eigenvalue weighted by Crippen LogP contribution is -2.60. The molecule has 1 aliphatic carbocycles. The van der Waals surface area contributed by atoms with Gasteiger partial charge in [-0.25, -0.2) is 0 Å². The predicted molar refractivity (Wildman–Crippen MR) is 263 cm³/mol. The monoisotopic (exact) mass is 987 g/mol. The SMILES string of the molecule is CC[C@@H](C)[C@H]1O[C@]2(C=C[C@@H]1C)C[C@@H]1C[C@@H](C/C=C(\C)[C@@H](O[C@H]3C[C@H](OC)[C@@H](O[C@H]4C[C@H](OC)[C@H](O)[C@H](C)O4)[C@H](C)O3)[C@@H](C)/C=C/C=C3\CO[C@@H]4[C@H](O[Si](C)(C)C(C)(C)C)C(C)=C[C@@H](C(=O)O1)[C@]34O)O2. The smallest absolute Gasteiger partial charge is 0.316 e. The number of carbonyl (C=O) groups is 1. The molecule has 2 N–H and O–H groups in total. The number of aliphatic hydroxyl groups excluding tert-OH is 1. The number of rotatable bonds is 10. The first-order chi connectivity index (χ1) is 32.4. The van der Waals surface area contributed by atoms with E-state index in [-0.39, 0.29) is 47.7 Å². The zero-order valence-electron chi connectivity index (χ0n) is 44.2. The highest BCUT2D eigenvalue weighted by molar-refractivity contribution is 6.74. The summed E-state index contributed by atoms with van der Waals surface area (Å²) in [4.78, 5) is 14.8. The Morgan fingerprint density at radius 3 is 2.25 bits per heavy atom. The van der Waals surface area contributed by atoms with Gasteiger partial charge in [0.2, 0.25) is 0 Å². The molecule has 4 fully saturated rings. The number of ether oxygens (including phenoxy) is 10. The molecule has 0 saturated carbocycles. The van der Waals surface area contributed by atoms with Gasteiger partial charge in [-0.05, 0) is 81.0 Å². The van der Waals surface area contributed by atoms with E-state index in [9.17, 15) is 15.0 Å². The van der Waals surface area contributed by atoms with Gasteiger partial charge in [0.1, 0.15) is 35.9 Å². The maximum absolute atomic E-state index is 14.8. The fraction of sp³-hybridized carbons (Fsp3) is 0.796. The van der Waals surface area contributed by atoms with Crippen molar-refractivity contribution in [3.8, 4) is 0 Å². The zero-order valence-corrected chi connectivity index (χ0v) is 45.2. The van der Waals surface area contributed by atoms with E-state index in [0.29, 0.717) is 37.7 Å². The number of esters is 1. The fourth-order valence-electron chi connectivity index (χ4n) is 11.2. The zero-order chi connectivity index (χ0) is 50.4. The Labute approximate surface area is 413 Å². The first kappa shape index (κ1) is 54.7. The summed E-state index contributed by atoms with van der Waals surface area (Å²) in [5.41, 5.74) is 0.652. The molecule has 6 heterocycles. The topological polar surface area (TPSA) is 159 Å². The Kier molecular flexibility index (Phi) is 17.3. The molecule has 2 bridgehead atoms. The summed E-state index contributed by atoms with van der Waals surface area (Å²) in [6.45, 7) is 27.5. The molecular formula is C54H86O14Si. The van der Waals surface area contributed by atoms with Gasteiger partial charge in [-0.3, -0.25) is 4.79 Å². The molecule has 20 atom stereocenters. The molecule has 7 aliphatic rings. The number of fused-ring (bicyclic) bond motifs is 2. The molecule has 4 saturated heterocycles. The first-order valence-corrected chi connectivity index (χ1v) is 28.7. The van der Waals surface area contributed by atoms with Crippen LogP contribution in [0.15, 0.2) is 59.3 Å². The minimum absolute atomic E-state index is 0.0880. The van der Waals surface area contributed by atoms with Crippen LogP contribution in [0.1, 0.15) is 115 Å². The van der Waals surface area contributed by atoms with E-state index >= 15 is 0 Å². The molecule has 0 amide bonds. The molecular weight excluding hydrogens is 901 g/mol. The van der Waals surface area contributed by atoms with E-state index in [1.165, 1.54) is 0 Å². The van der Waals surface area contributed by atoms with Crippen LogP contribution in [0.2, 0.25) is 18.1 Å². The van der Waals surface area contributed by atoms with Gasteiger partial charge in [0.15, 0.2) is 26.7 Å². The van der Waals surface area contributed by atoms with Crippen molar-refractivity contribution in [1.29, 1.82) is 0 Å². The number of hydrogen-bond acceptors (Lipinski definition) is 14. The highest BCUT2D eigenvalue weighted by Gasteiger charge is 2.62. The van der Waals surface area contributed by atoms with Crippen molar-refractivity contribution in [3.63, 3.8) is 0 Å². The molecule has 69 heavy (non-hydrogen) atoms. The summed E-state index contributed by atoms with van der Waals surface area (Å²) in [5.74, 6) is -2.40. The van der Waals surface area contributed by atoms with E-state index in [1.807, 2.05) is 45.1 Å². The van der Waals surface area contributed by atoms with Crippen LogP contribution in [0, 0.1) is 23.7 Å². The summed E-state index contributed by atoms with van der Waals surface area (Å²) in [6.07, 6.45) is 10.0. The van der Waals surface area contributed by atoms with Gasteiger partial charge in [-0.2, -0.15) is 0 Å². The lowest BCUT2D eigenvalue weighted by molar-refractivity contribution is -0.318. The van der Waals surface area contributed by atoms with Gasteiger partial charge in [-0.1, -0.05) is 91.3 Å². The maximum atomic E-state index is 14.8. The summed E-state index contributed by atoms with van der Waals surface area (Å²) in [7, 11) is 0.871. The molecule has 15 heteroatoms. The van der Waals surface area contributed by atoms with Gasteiger partial charge in [0, 0.05) is 51.7 Å². The molecule has 0 unspecified atom stereocenters. The number of methoxy groups -OCH3 is 2. The minimum Gasteiger partial charge on any atom is -0.462 e. The molecule has 14 nitrogen and oxygen atoms in total. The normalized spacial score (nSPS) is 45.9. The van der Waals surface area contributed by atoms with Crippen LogP contribution in [-0.2, 0) is 56.6 Å². The van der Waals surface area contributed by atoms with Gasteiger partial charge in [-0.15, -0.1) is 0 Å². The lowest BCUT2D eigenvalue weighted by Gasteiger charge is -2.49. The van der Waals surface area contributed by atoms with Crippen molar-refractivity contribution >= 4 is 14.3 Å². The number of carbonyl (C=O) groups excluding carboxylic acids is 1. The Balaban J connectivity index is 1.22. The maximum Gasteiger partial charge on any atom is 0.316 e. The Hall–Kier alpha value is -2.09. The second-order valence-corrected chi connectivity index (χ2v) is 27.6. The van der Waals surface area contributed by atoms with Crippen molar-refractivity contribution in [2.45, 2.75) is 230 Å². The van der Waals surface area contributed by atoms with E-state index in [1.54, 1.807) is 14.2 Å². The van der Waals surface area contributed by atoms with Gasteiger partial charge < -0.3 is 62.0 Å². The van der Waals surface area contributed by atoms with Crippen LogP contribution in [0.25, 0.3) is 0 Å². The summed E-state index contributed by atoms with van der Waals surface area (Å²) < 4.78 is 71.9. The number of allylic oxidation sites excluding steroid dienone is 2. The van der Waals surface area contributed by atoms with E-state index < -0.39 is 99.1 Å². The third-order valence-corrected chi connectivity index (χ3v) is 21.2. The van der Waals surface area contributed by atoms with Crippen LogP contribution in [0.5, 0.6) is 0 Å². The van der Waals surface area contributed by atoms with Crippen molar-refractivity contribution in [2.24, 2.45) is 23.7 Å². The Bertz CT molecular complexity index is 1940. The summed E-state index contributed by atoms with van der Waals surface area (Å²) in [6, 6.07) is 0. The van der Waals surface area contributed by atoms with Crippen LogP contribution < -0.4 is 0 Å². The van der Waals surface area contributed by atoms with Gasteiger partial charge >= 0.3 is 5.97 Å². The van der Waals surface area contributed by atoms with Crippen molar-refractivity contribution in [2.75, 3.05) is 20.8 Å². The summed E-state index contributed by atoms with van der Waals surface area (Å²) >= 11 is 0. The third kappa shape index (κ3) is 11.5. The third-order valence-electron chi connectivity index (χ3n) is 16.7. The molecule has 7 rings (SSSR count). The summed E-state index contributed by atoms with van der Waals surface area (Å²) in [5, 5.41) is 23.7. The van der Waals surface area contributed by atoms with Crippen molar-refractivity contribution in [1.82, 2.24) is 0 Å². The highest BCUT2D eigenvalue weighted by atomic mass is 28.4. The molecule has 390 valence electrons. The number of hydrogen-bond donors (Lipinski definition) is 2. The Morgan fingerprint density at radius 1 is 0.884 bits per heavy atom. The first-order valence-electron chi connectivity index (χ1n) is 25.8. The quantitative estimate of drug-likeness (QED) is 0.122. The van der Waals surface area contributed by atoms with Crippen LogP contribution >= 0.6 is 0 Å². The minimum atomic E-state index is -2.37.